The zero-order chi connectivity index (χ0) is 13.9. The summed E-state index contributed by atoms with van der Waals surface area (Å²) in [5.41, 5.74) is 0.957. The molecule has 19 heavy (non-hydrogen) atoms. The van der Waals surface area contributed by atoms with Crippen molar-refractivity contribution in [3.63, 3.8) is 0 Å². The molecule has 0 saturated heterocycles. The number of hydrogen-bond acceptors (Lipinski definition) is 2. The molecule has 0 aromatic heterocycles. The average Bonchev–Trinajstić information content (AvgIpc) is 2.46. The summed E-state index contributed by atoms with van der Waals surface area (Å²) in [5, 5.41) is 0. The molecule has 0 aliphatic carbocycles. The highest BCUT2D eigenvalue weighted by Gasteiger charge is 2.12. The summed E-state index contributed by atoms with van der Waals surface area (Å²) in [7, 11) is 0. The van der Waals surface area contributed by atoms with E-state index < -0.39 is 6.09 Å². The van der Waals surface area contributed by atoms with Gasteiger partial charge in [-0.15, -0.1) is 11.8 Å². The van der Waals surface area contributed by atoms with Crippen LogP contribution in [0.15, 0.2) is 30.3 Å². The fraction of sp³-hybridized carbons (Fsp3) is 0.312. The average molecular weight is 255 g/mol. The number of ether oxygens (including phenoxy) is 1. The predicted octanol–water partition coefficient (Wildman–Crippen LogP) is 2.67. The van der Waals surface area contributed by atoms with Crippen molar-refractivity contribution in [3.8, 4) is 23.7 Å². The lowest BCUT2D eigenvalue weighted by atomic mass is 10.2. The lowest BCUT2D eigenvalue weighted by Gasteiger charge is -2.17. The van der Waals surface area contributed by atoms with Gasteiger partial charge < -0.3 is 4.74 Å². The largest absolute Gasteiger partial charge is 0.445 e. The number of benzene rings is 1. The van der Waals surface area contributed by atoms with Crippen LogP contribution in [0.25, 0.3) is 0 Å². The normalized spacial score (nSPS) is 8.53. The number of carbonyl (C=O) groups is 1. The standard InChI is InChI=1S/C16H17NO2/c1-3-5-12-17(13-6-4-2)16(18)19-14-15-10-8-7-9-11-15/h7-11H,12-14H2,1-2H3. The first kappa shape index (κ1) is 14.7. The van der Waals surface area contributed by atoms with E-state index in [0.29, 0.717) is 13.1 Å². The Hall–Kier alpha value is -2.39. The van der Waals surface area contributed by atoms with Crippen LogP contribution >= 0.6 is 0 Å². The maximum Gasteiger partial charge on any atom is 0.411 e. The minimum absolute atomic E-state index is 0.259. The molecule has 0 radical (unpaired) electrons. The van der Waals surface area contributed by atoms with Crippen molar-refractivity contribution < 1.29 is 9.53 Å². The van der Waals surface area contributed by atoms with Crippen LogP contribution < -0.4 is 0 Å². The lowest BCUT2D eigenvalue weighted by molar-refractivity contribution is 0.105. The number of rotatable bonds is 4. The first-order valence-corrected chi connectivity index (χ1v) is 6.02. The van der Waals surface area contributed by atoms with Crippen molar-refractivity contribution in [1.82, 2.24) is 4.90 Å². The molecule has 0 fully saturated rings. The number of nitrogens with zero attached hydrogens (tertiary/aromatic N) is 1. The van der Waals surface area contributed by atoms with E-state index in [1.54, 1.807) is 13.8 Å². The van der Waals surface area contributed by atoms with E-state index in [9.17, 15) is 4.79 Å². The molecule has 0 spiro atoms. The summed E-state index contributed by atoms with van der Waals surface area (Å²) >= 11 is 0. The van der Waals surface area contributed by atoms with E-state index in [-0.39, 0.29) is 6.61 Å². The molecule has 3 heteroatoms. The Morgan fingerprint density at radius 1 is 1.11 bits per heavy atom. The molecular formula is C16H17NO2. The molecule has 1 aromatic carbocycles. The fourth-order valence-electron chi connectivity index (χ4n) is 1.34. The molecule has 1 amide bonds. The van der Waals surface area contributed by atoms with E-state index in [1.165, 1.54) is 4.90 Å². The summed E-state index contributed by atoms with van der Waals surface area (Å²) in [6.07, 6.45) is -0.394. The van der Waals surface area contributed by atoms with Crippen molar-refractivity contribution in [2.24, 2.45) is 0 Å². The Morgan fingerprint density at radius 2 is 1.68 bits per heavy atom. The Morgan fingerprint density at radius 3 is 2.21 bits per heavy atom. The summed E-state index contributed by atoms with van der Waals surface area (Å²) in [6, 6.07) is 9.56. The zero-order valence-corrected chi connectivity index (χ0v) is 11.3. The van der Waals surface area contributed by atoms with Crippen molar-refractivity contribution in [2.75, 3.05) is 13.1 Å². The van der Waals surface area contributed by atoms with Crippen molar-refractivity contribution in [2.45, 2.75) is 20.5 Å². The third-order valence-corrected chi connectivity index (χ3v) is 2.36. The maximum absolute atomic E-state index is 11.9. The fourth-order valence-corrected chi connectivity index (χ4v) is 1.34. The second kappa shape index (κ2) is 8.66. The Kier molecular flexibility index (Phi) is 6.69. The molecular weight excluding hydrogens is 238 g/mol. The Bertz CT molecular complexity index is 492. The molecule has 0 aliphatic heterocycles. The van der Waals surface area contributed by atoms with E-state index in [2.05, 4.69) is 23.7 Å². The van der Waals surface area contributed by atoms with Crippen molar-refractivity contribution in [1.29, 1.82) is 0 Å². The van der Waals surface area contributed by atoms with E-state index in [0.717, 1.165) is 5.56 Å². The number of hydrogen-bond donors (Lipinski definition) is 0. The lowest BCUT2D eigenvalue weighted by Crippen LogP contribution is -2.32. The second-order valence-corrected chi connectivity index (χ2v) is 3.75. The van der Waals surface area contributed by atoms with E-state index in [4.69, 9.17) is 4.74 Å². The molecule has 0 saturated carbocycles. The molecule has 0 heterocycles. The summed E-state index contributed by atoms with van der Waals surface area (Å²) in [4.78, 5) is 13.4. The molecule has 0 N–H and O–H groups in total. The highest BCUT2D eigenvalue weighted by atomic mass is 16.6. The van der Waals surface area contributed by atoms with Gasteiger partial charge in [0.05, 0.1) is 13.1 Å². The maximum atomic E-state index is 11.9. The first-order valence-electron chi connectivity index (χ1n) is 6.02. The van der Waals surface area contributed by atoms with Crippen molar-refractivity contribution in [3.05, 3.63) is 35.9 Å². The quantitative estimate of drug-likeness (QED) is 0.774. The summed E-state index contributed by atoms with van der Waals surface area (Å²) in [6.45, 7) is 4.39. The van der Waals surface area contributed by atoms with Crippen LogP contribution in [0, 0.1) is 23.7 Å². The van der Waals surface area contributed by atoms with Gasteiger partial charge in [-0.25, -0.2) is 4.79 Å². The van der Waals surface area contributed by atoms with Gasteiger partial charge >= 0.3 is 6.09 Å². The summed E-state index contributed by atoms with van der Waals surface area (Å²) in [5.74, 6) is 11.2. The third kappa shape index (κ3) is 5.66. The van der Waals surface area contributed by atoms with Gasteiger partial charge in [0.2, 0.25) is 0 Å². The van der Waals surface area contributed by atoms with Crippen LogP contribution in [-0.4, -0.2) is 24.1 Å². The second-order valence-electron chi connectivity index (χ2n) is 3.75. The minimum atomic E-state index is -0.394. The molecule has 0 atom stereocenters. The van der Waals surface area contributed by atoms with Crippen molar-refractivity contribution >= 4 is 6.09 Å². The van der Waals surface area contributed by atoms with E-state index >= 15 is 0 Å². The van der Waals surface area contributed by atoms with Gasteiger partial charge in [0.15, 0.2) is 0 Å². The molecule has 98 valence electrons. The Balaban J connectivity index is 2.54. The van der Waals surface area contributed by atoms with Gasteiger partial charge in [0.25, 0.3) is 0 Å². The van der Waals surface area contributed by atoms with Crippen LogP contribution in [0.4, 0.5) is 4.79 Å². The van der Waals surface area contributed by atoms with Gasteiger partial charge in [-0.05, 0) is 19.4 Å². The molecule has 0 aliphatic rings. The van der Waals surface area contributed by atoms with Crippen LogP contribution in [-0.2, 0) is 11.3 Å². The Labute approximate surface area is 114 Å². The minimum Gasteiger partial charge on any atom is -0.445 e. The van der Waals surface area contributed by atoms with Gasteiger partial charge in [-0.3, -0.25) is 4.90 Å². The highest BCUT2D eigenvalue weighted by molar-refractivity contribution is 5.68. The monoisotopic (exact) mass is 255 g/mol. The van der Waals surface area contributed by atoms with Gasteiger partial charge in [-0.2, -0.15) is 0 Å². The molecule has 1 aromatic rings. The molecule has 0 unspecified atom stereocenters. The van der Waals surface area contributed by atoms with Crippen LogP contribution in [0.5, 0.6) is 0 Å². The number of amides is 1. The molecule has 1 rings (SSSR count). The van der Waals surface area contributed by atoms with Gasteiger partial charge in [-0.1, -0.05) is 42.2 Å². The van der Waals surface area contributed by atoms with Gasteiger partial charge in [0, 0.05) is 0 Å². The van der Waals surface area contributed by atoms with E-state index in [1.807, 2.05) is 30.3 Å². The zero-order valence-electron chi connectivity index (χ0n) is 11.3. The summed E-state index contributed by atoms with van der Waals surface area (Å²) < 4.78 is 5.24. The number of carbonyl (C=O) groups excluding carboxylic acids is 1. The van der Waals surface area contributed by atoms with Crippen LogP contribution in [0.1, 0.15) is 19.4 Å². The third-order valence-electron chi connectivity index (χ3n) is 2.36. The van der Waals surface area contributed by atoms with Gasteiger partial charge in [0.1, 0.15) is 6.61 Å². The molecule has 3 nitrogen and oxygen atoms in total. The SMILES string of the molecule is CC#CCN(CC#CC)C(=O)OCc1ccccc1. The topological polar surface area (TPSA) is 29.5 Å². The first-order chi connectivity index (χ1) is 9.27. The van der Waals surface area contributed by atoms with Crippen LogP contribution in [0.3, 0.4) is 0 Å². The smallest absolute Gasteiger partial charge is 0.411 e. The molecule has 0 bridgehead atoms. The predicted molar refractivity (Wildman–Crippen MR) is 75.1 cm³/mol. The van der Waals surface area contributed by atoms with Crippen LogP contribution in [0.2, 0.25) is 0 Å². The highest BCUT2D eigenvalue weighted by Crippen LogP contribution is 2.03.